The Morgan fingerprint density at radius 1 is 1.19 bits per heavy atom. The van der Waals surface area contributed by atoms with Crippen LogP contribution in [0.3, 0.4) is 0 Å². The van der Waals surface area contributed by atoms with Crippen LogP contribution in [0, 0.1) is 0 Å². The van der Waals surface area contributed by atoms with Gasteiger partial charge in [-0.15, -0.1) is 0 Å². The number of nitrogens with zero attached hydrogens (tertiary/aromatic N) is 2. The molecule has 0 saturated carbocycles. The molecule has 0 aromatic carbocycles. The van der Waals surface area contributed by atoms with Crippen molar-refractivity contribution >= 4 is 49.6 Å². The maximum absolute atomic E-state index is 4.99. The summed E-state index contributed by atoms with van der Waals surface area (Å²) in [5.41, 5.74) is 0. The van der Waals surface area contributed by atoms with Gasteiger partial charge in [-0.1, -0.05) is 25.3 Å². The van der Waals surface area contributed by atoms with E-state index >= 15 is 0 Å². The summed E-state index contributed by atoms with van der Waals surface area (Å²) in [5.74, 6) is 0. The lowest BCUT2D eigenvalue weighted by molar-refractivity contribution is -0.686. The minimum Gasteiger partial charge on any atom is -0.391 e. The lowest BCUT2D eigenvalue weighted by Crippen LogP contribution is -2.29. The zero-order valence-electron chi connectivity index (χ0n) is 8.70. The molecule has 0 saturated heterocycles. The summed E-state index contributed by atoms with van der Waals surface area (Å²) in [5, 5.41) is 0. The quantitative estimate of drug-likeness (QED) is 0.456. The molecule has 1 heterocycles. The zero-order valence-corrected chi connectivity index (χ0v) is 12.9. The molecule has 1 aromatic heterocycles. The molecule has 90 valence electrons. The van der Waals surface area contributed by atoms with Crippen molar-refractivity contribution in [1.29, 1.82) is 0 Å². The van der Waals surface area contributed by atoms with Gasteiger partial charge in [-0.05, 0) is 0 Å². The van der Waals surface area contributed by atoms with Gasteiger partial charge in [0.2, 0.25) is 6.33 Å². The zero-order chi connectivity index (χ0) is 12.6. The molecule has 0 fully saturated rings. The van der Waals surface area contributed by atoms with Crippen molar-refractivity contribution in [2.75, 3.05) is 0 Å². The normalized spacial score (nSPS) is 10.2. The first-order valence-corrected chi connectivity index (χ1v) is 11.5. The van der Waals surface area contributed by atoms with E-state index in [1.54, 1.807) is 0 Å². The third-order valence-corrected chi connectivity index (χ3v) is 1.43. The summed E-state index contributed by atoms with van der Waals surface area (Å²) in [6.07, 6.45) is 9.82. The van der Waals surface area contributed by atoms with E-state index in [2.05, 4.69) is 22.3 Å². The van der Waals surface area contributed by atoms with Crippen LogP contribution in [0.15, 0.2) is 44.0 Å². The first-order chi connectivity index (χ1) is 7.36. The Bertz CT molecular complexity index is 302. The van der Waals surface area contributed by atoms with Gasteiger partial charge in [-0.2, -0.15) is 0 Å². The highest BCUT2D eigenvalue weighted by atomic mass is 35.9. The maximum Gasteiger partial charge on any atom is 0.564 e. The van der Waals surface area contributed by atoms with E-state index in [0.717, 1.165) is 13.1 Å². The molecule has 0 amide bonds. The largest absolute Gasteiger partial charge is 0.564 e. The van der Waals surface area contributed by atoms with Crippen LogP contribution >= 0.6 is 40.2 Å². The van der Waals surface area contributed by atoms with Gasteiger partial charge in [0, 0.05) is 0 Å². The molecule has 0 bridgehead atoms. The van der Waals surface area contributed by atoms with E-state index < -0.39 is 9.39 Å². The molecule has 2 nitrogen and oxygen atoms in total. The Morgan fingerprint density at radius 3 is 2.19 bits per heavy atom. The van der Waals surface area contributed by atoms with E-state index in [4.69, 9.17) is 40.2 Å². The van der Waals surface area contributed by atoms with Gasteiger partial charge in [0.1, 0.15) is 25.5 Å². The van der Waals surface area contributed by atoms with Crippen molar-refractivity contribution in [3.05, 3.63) is 44.0 Å². The van der Waals surface area contributed by atoms with Gasteiger partial charge in [0.15, 0.2) is 0 Å². The summed E-state index contributed by atoms with van der Waals surface area (Å²) >= 11 is 0. The Morgan fingerprint density at radius 2 is 1.75 bits per heavy atom. The van der Waals surface area contributed by atoms with E-state index in [1.165, 1.54) is 0 Å². The predicted molar refractivity (Wildman–Crippen MR) is 74.2 cm³/mol. The van der Waals surface area contributed by atoms with E-state index in [1.807, 2.05) is 30.9 Å². The summed E-state index contributed by atoms with van der Waals surface area (Å²) in [6.45, 7) is 9.05. The Hall–Kier alpha value is 0.382. The second-order valence-electron chi connectivity index (χ2n) is 2.88. The molecule has 0 aliphatic heterocycles. The second kappa shape index (κ2) is 8.47. The maximum atomic E-state index is 4.99. The fourth-order valence-corrected chi connectivity index (χ4v) is 0.953. The Kier molecular flexibility index (Phi) is 8.67. The average Bonchev–Trinajstić information content (AvgIpc) is 2.51. The number of allylic oxidation sites excluding steroid dienone is 2. The third-order valence-electron chi connectivity index (χ3n) is 1.43. The molecular weight excluding hydrogens is 305 g/mol. The molecule has 1 aromatic rings. The van der Waals surface area contributed by atoms with Crippen LogP contribution in [-0.4, -0.2) is 14.0 Å². The fourth-order valence-electron chi connectivity index (χ4n) is 0.953. The number of hydrogen-bond acceptors (Lipinski definition) is 0. The van der Waals surface area contributed by atoms with Gasteiger partial charge in [-0.25, -0.2) is 9.13 Å². The van der Waals surface area contributed by atoms with E-state index in [9.17, 15) is 0 Å². The summed E-state index contributed by atoms with van der Waals surface area (Å²) < 4.78 is 4.13. The third kappa shape index (κ3) is 10.9. The first kappa shape index (κ1) is 16.4. The standard InChI is InChI=1S/C9H13N2.Al.4ClH/c1-3-5-10-7-8-11(9-10)6-4-2;;;;;/h3-4,7-9H,1-2,5-6H2;;4*1H/q+1;+3;;;;/p-4. The van der Waals surface area contributed by atoms with Gasteiger partial charge in [0.05, 0.1) is 0 Å². The van der Waals surface area contributed by atoms with Crippen molar-refractivity contribution in [1.82, 2.24) is 4.57 Å². The highest BCUT2D eigenvalue weighted by Crippen LogP contribution is 2.23. The average molecular weight is 318 g/mol. The first-order valence-electron chi connectivity index (χ1n) is 4.50. The van der Waals surface area contributed by atoms with Gasteiger partial charge in [0.25, 0.3) is 0 Å². The molecule has 7 heteroatoms. The number of hydrogen-bond donors (Lipinski definition) is 0. The SMILES string of the molecule is C=CCn1cc[n+](CC=C)c1.[Cl][Al-]([Cl])([Cl])[Cl]. The monoisotopic (exact) mass is 316 g/mol. The van der Waals surface area contributed by atoms with Crippen LogP contribution in [0.25, 0.3) is 0 Å². The smallest absolute Gasteiger partial charge is 0.391 e. The van der Waals surface area contributed by atoms with Crippen LogP contribution in [0.1, 0.15) is 0 Å². The molecule has 0 spiro atoms. The molecule has 16 heavy (non-hydrogen) atoms. The van der Waals surface area contributed by atoms with Crippen molar-refractivity contribution in [2.24, 2.45) is 0 Å². The second-order valence-corrected chi connectivity index (χ2v) is 15.7. The highest BCUT2D eigenvalue weighted by molar-refractivity contribution is 7.81. The van der Waals surface area contributed by atoms with Crippen LogP contribution in [0.4, 0.5) is 0 Å². The molecule has 0 radical (unpaired) electrons. The number of halogens is 4. The molecule has 0 aliphatic rings. The molecule has 0 unspecified atom stereocenters. The number of imidazole rings is 1. The minimum absolute atomic E-state index is 0.865. The van der Waals surface area contributed by atoms with E-state index in [-0.39, 0.29) is 0 Å². The molecule has 0 atom stereocenters. The topological polar surface area (TPSA) is 8.81 Å². The van der Waals surface area contributed by atoms with Gasteiger partial charge >= 0.3 is 9.39 Å². The van der Waals surface area contributed by atoms with Crippen molar-refractivity contribution in [3.63, 3.8) is 0 Å². The van der Waals surface area contributed by atoms with Crippen molar-refractivity contribution < 1.29 is 4.57 Å². The molecule has 0 aliphatic carbocycles. The number of aromatic nitrogens is 2. The van der Waals surface area contributed by atoms with Crippen molar-refractivity contribution in [3.8, 4) is 0 Å². The fraction of sp³-hybridized carbons (Fsp3) is 0.222. The highest BCUT2D eigenvalue weighted by Gasteiger charge is 2.14. The van der Waals surface area contributed by atoms with Crippen LogP contribution in [0.5, 0.6) is 0 Å². The Balaban J connectivity index is 0.000000385. The molecule has 1 rings (SSSR count). The summed E-state index contributed by atoms with van der Waals surface area (Å²) in [7, 11) is 17.0. The minimum atomic E-state index is -2.94. The van der Waals surface area contributed by atoms with Crippen LogP contribution < -0.4 is 4.57 Å². The lowest BCUT2D eigenvalue weighted by Gasteiger charge is -1.97. The summed E-state index contributed by atoms with van der Waals surface area (Å²) in [6, 6.07) is 0. The van der Waals surface area contributed by atoms with Gasteiger partial charge < -0.3 is 40.2 Å². The Labute approximate surface area is 115 Å². The predicted octanol–water partition coefficient (Wildman–Crippen LogP) is 3.52. The lowest BCUT2D eigenvalue weighted by atomic mass is 10.6. The van der Waals surface area contributed by atoms with Crippen LogP contribution in [0.2, 0.25) is 0 Å². The summed E-state index contributed by atoms with van der Waals surface area (Å²) in [4.78, 5) is 0. The van der Waals surface area contributed by atoms with E-state index in [0.29, 0.717) is 0 Å². The van der Waals surface area contributed by atoms with Gasteiger partial charge in [-0.3, -0.25) is 0 Å². The molecular formula is C9H13AlCl4N2. The van der Waals surface area contributed by atoms with Crippen LogP contribution in [-0.2, 0) is 13.1 Å². The van der Waals surface area contributed by atoms with Crippen molar-refractivity contribution in [2.45, 2.75) is 13.1 Å². The molecule has 0 N–H and O–H groups in total. The number of rotatable bonds is 4.